The number of methoxy groups -OCH3 is 2. The Morgan fingerprint density at radius 2 is 1.95 bits per heavy atom. The van der Waals surface area contributed by atoms with E-state index >= 15 is 0 Å². The summed E-state index contributed by atoms with van der Waals surface area (Å²) in [5.74, 6) is 1.55. The van der Waals surface area contributed by atoms with Crippen LogP contribution in [0.1, 0.15) is 12.0 Å². The van der Waals surface area contributed by atoms with E-state index in [2.05, 4.69) is 30.1 Å². The first-order chi connectivity index (χ1) is 10.7. The third-order valence-corrected chi connectivity index (χ3v) is 3.27. The van der Waals surface area contributed by atoms with E-state index < -0.39 is 0 Å². The normalized spacial score (nSPS) is 12.1. The molecule has 1 aromatic rings. The fourth-order valence-electron chi connectivity index (χ4n) is 1.75. The van der Waals surface area contributed by atoms with Gasteiger partial charge in [-0.1, -0.05) is 15.9 Å². The Kier molecular flexibility index (Phi) is 9.98. The maximum Gasteiger partial charge on any atom is 0.164 e. The predicted molar refractivity (Wildman–Crippen MR) is 86.0 cm³/mol. The van der Waals surface area contributed by atoms with Crippen LogP contribution < -0.4 is 9.47 Å². The van der Waals surface area contributed by atoms with Crippen LogP contribution in [0.3, 0.4) is 0 Å². The number of ether oxygens (including phenoxy) is 5. The van der Waals surface area contributed by atoms with E-state index in [1.54, 1.807) is 26.4 Å². The molecule has 0 fully saturated rings. The minimum Gasteiger partial charge on any atom is -0.504 e. The summed E-state index contributed by atoms with van der Waals surface area (Å²) >= 11 is 3.32. The van der Waals surface area contributed by atoms with Gasteiger partial charge in [-0.3, -0.25) is 0 Å². The number of alkyl halides is 1. The second-order valence-corrected chi connectivity index (χ2v) is 5.23. The van der Waals surface area contributed by atoms with Gasteiger partial charge in [0.1, 0.15) is 19.3 Å². The fourth-order valence-corrected chi connectivity index (χ4v) is 1.98. The van der Waals surface area contributed by atoms with Gasteiger partial charge in [0.05, 0.1) is 13.2 Å². The Hall–Kier alpha value is -1.02. The van der Waals surface area contributed by atoms with E-state index in [-0.39, 0.29) is 5.75 Å². The number of rotatable bonds is 8. The Labute approximate surface area is 139 Å². The molecule has 22 heavy (non-hydrogen) atoms. The van der Waals surface area contributed by atoms with Crippen LogP contribution in [-0.2, 0) is 20.6 Å². The van der Waals surface area contributed by atoms with Gasteiger partial charge in [-0.25, -0.2) is 0 Å². The molecule has 0 spiro atoms. The van der Waals surface area contributed by atoms with Gasteiger partial charge in [-0.15, -0.1) is 0 Å². The van der Waals surface area contributed by atoms with Gasteiger partial charge < -0.3 is 28.8 Å². The van der Waals surface area contributed by atoms with Gasteiger partial charge in [0.15, 0.2) is 11.5 Å². The molecule has 0 saturated heterocycles. The number of benzene rings is 1. The van der Waals surface area contributed by atoms with Gasteiger partial charge in [0, 0.05) is 37.6 Å². The van der Waals surface area contributed by atoms with Crippen molar-refractivity contribution in [1.82, 2.24) is 0 Å². The highest BCUT2D eigenvalue weighted by Gasteiger charge is 2.16. The minimum absolute atomic E-state index is 0.203. The molecule has 0 unspecified atom stereocenters. The molecule has 0 atom stereocenters. The second kappa shape index (κ2) is 11.5. The van der Waals surface area contributed by atoms with E-state index in [1.807, 2.05) is 0 Å². The smallest absolute Gasteiger partial charge is 0.164 e. The van der Waals surface area contributed by atoms with E-state index in [0.717, 1.165) is 29.5 Å². The van der Waals surface area contributed by atoms with Gasteiger partial charge in [-0.05, 0) is 12.5 Å². The van der Waals surface area contributed by atoms with E-state index in [4.69, 9.17) is 9.47 Å². The van der Waals surface area contributed by atoms with E-state index in [9.17, 15) is 5.11 Å². The molecule has 1 aromatic carbocycles. The second-order valence-electron chi connectivity index (χ2n) is 4.43. The van der Waals surface area contributed by atoms with Crippen molar-refractivity contribution in [3.8, 4) is 17.2 Å². The first-order valence-electron chi connectivity index (χ1n) is 6.96. The minimum atomic E-state index is 0.203. The summed E-state index contributed by atoms with van der Waals surface area (Å²) < 4.78 is 24.6. The Morgan fingerprint density at radius 1 is 1.23 bits per heavy atom. The lowest BCUT2D eigenvalue weighted by atomic mass is 10.1. The zero-order valence-electron chi connectivity index (χ0n) is 13.0. The Balaban J connectivity index is 0.000000295. The number of phenols is 1. The molecule has 0 saturated carbocycles. The molecule has 0 bridgehead atoms. The number of hydrogen-bond donors (Lipinski definition) is 1. The first kappa shape index (κ1) is 19.0. The number of phenolic OH excluding ortho intramolecular Hbond substituents is 1. The average molecular weight is 379 g/mol. The summed E-state index contributed by atoms with van der Waals surface area (Å²) in [7, 11) is 3.13. The summed E-state index contributed by atoms with van der Waals surface area (Å²) in [5, 5.41) is 10.6. The summed E-state index contributed by atoms with van der Waals surface area (Å²) in [5.41, 5.74) is 1.06. The van der Waals surface area contributed by atoms with Gasteiger partial charge in [-0.2, -0.15) is 0 Å². The van der Waals surface area contributed by atoms with E-state index in [1.165, 1.54) is 0 Å². The molecule has 1 heterocycles. The lowest BCUT2D eigenvalue weighted by Gasteiger charge is -2.09. The third kappa shape index (κ3) is 6.83. The highest BCUT2D eigenvalue weighted by molar-refractivity contribution is 9.09. The summed E-state index contributed by atoms with van der Waals surface area (Å²) in [6.07, 6.45) is 1.78. The van der Waals surface area contributed by atoms with Crippen molar-refractivity contribution in [3.63, 3.8) is 0 Å². The van der Waals surface area contributed by atoms with Gasteiger partial charge in [0.25, 0.3) is 0 Å². The predicted octanol–water partition coefficient (Wildman–Crippen LogP) is 2.70. The summed E-state index contributed by atoms with van der Waals surface area (Å²) in [6.45, 7) is 1.89. The molecule has 6 nitrogen and oxygen atoms in total. The van der Waals surface area contributed by atoms with Crippen molar-refractivity contribution in [1.29, 1.82) is 0 Å². The van der Waals surface area contributed by atoms with Crippen LogP contribution in [0.25, 0.3) is 0 Å². The van der Waals surface area contributed by atoms with Crippen molar-refractivity contribution in [2.45, 2.75) is 12.8 Å². The average Bonchev–Trinajstić information content (AvgIpc) is 2.96. The maximum atomic E-state index is 9.68. The fraction of sp³-hybridized carbons (Fsp3) is 0.600. The van der Waals surface area contributed by atoms with Crippen molar-refractivity contribution in [2.75, 3.05) is 46.3 Å². The van der Waals surface area contributed by atoms with Crippen molar-refractivity contribution < 1.29 is 28.8 Å². The molecule has 7 heteroatoms. The van der Waals surface area contributed by atoms with Crippen LogP contribution in [0, 0.1) is 0 Å². The van der Waals surface area contributed by atoms with Crippen LogP contribution >= 0.6 is 15.9 Å². The van der Waals surface area contributed by atoms with Crippen LogP contribution in [0.5, 0.6) is 17.2 Å². The lowest BCUT2D eigenvalue weighted by Crippen LogP contribution is -1.98. The summed E-state index contributed by atoms with van der Waals surface area (Å²) in [4.78, 5) is 0. The highest BCUT2D eigenvalue weighted by Crippen LogP contribution is 2.36. The standard InChI is InChI=1S/C11H13BrO3.C4H10O3/c12-3-1-4-14-11-7-10-8(2-5-15-10)6-9(11)13;1-5-3-7-4-6-2/h6-7,13H,1-5H2;3-4H2,1-2H3. The highest BCUT2D eigenvalue weighted by atomic mass is 79.9. The van der Waals surface area contributed by atoms with Crippen molar-refractivity contribution in [3.05, 3.63) is 17.7 Å². The monoisotopic (exact) mass is 378 g/mol. The zero-order chi connectivity index (χ0) is 16.2. The van der Waals surface area contributed by atoms with Crippen LogP contribution in [0.2, 0.25) is 0 Å². The molecular formula is C15H23BrO6. The van der Waals surface area contributed by atoms with Crippen molar-refractivity contribution >= 4 is 15.9 Å². The number of aromatic hydroxyl groups is 1. The Bertz CT molecular complexity index is 423. The molecule has 126 valence electrons. The number of halogens is 1. The van der Waals surface area contributed by atoms with Crippen molar-refractivity contribution in [2.24, 2.45) is 0 Å². The quantitative estimate of drug-likeness (QED) is 0.426. The molecular weight excluding hydrogens is 356 g/mol. The molecule has 0 radical (unpaired) electrons. The van der Waals surface area contributed by atoms with Crippen LogP contribution in [0.15, 0.2) is 12.1 Å². The molecule has 0 aromatic heterocycles. The van der Waals surface area contributed by atoms with E-state index in [0.29, 0.717) is 32.5 Å². The number of fused-ring (bicyclic) bond motifs is 1. The lowest BCUT2D eigenvalue weighted by molar-refractivity contribution is -0.107. The molecule has 1 aliphatic rings. The molecule has 1 N–H and O–H groups in total. The van der Waals surface area contributed by atoms with Gasteiger partial charge in [0.2, 0.25) is 0 Å². The van der Waals surface area contributed by atoms with Crippen LogP contribution in [0.4, 0.5) is 0 Å². The largest absolute Gasteiger partial charge is 0.504 e. The third-order valence-electron chi connectivity index (χ3n) is 2.71. The molecule has 0 amide bonds. The maximum absolute atomic E-state index is 9.68. The molecule has 2 rings (SSSR count). The molecule has 0 aliphatic carbocycles. The first-order valence-corrected chi connectivity index (χ1v) is 8.08. The number of hydrogen-bond acceptors (Lipinski definition) is 6. The van der Waals surface area contributed by atoms with Gasteiger partial charge >= 0.3 is 0 Å². The topological polar surface area (TPSA) is 66.4 Å². The summed E-state index contributed by atoms with van der Waals surface area (Å²) in [6, 6.07) is 3.50. The Morgan fingerprint density at radius 3 is 2.59 bits per heavy atom. The zero-order valence-corrected chi connectivity index (χ0v) is 14.6. The molecule has 1 aliphatic heterocycles. The SMILES string of the molecule is COCOCOC.Oc1cc2c(cc1OCCCBr)OCC2. The van der Waals surface area contributed by atoms with Crippen LogP contribution in [-0.4, -0.2) is 51.5 Å².